The molecule has 7 heteroatoms. The van der Waals surface area contributed by atoms with Gasteiger partial charge in [-0.2, -0.15) is 0 Å². The van der Waals surface area contributed by atoms with Crippen molar-refractivity contribution in [3.8, 4) is 0 Å². The van der Waals surface area contributed by atoms with E-state index in [-0.39, 0.29) is 24.2 Å². The maximum absolute atomic E-state index is 12.9. The van der Waals surface area contributed by atoms with E-state index in [0.717, 1.165) is 16.3 Å². The summed E-state index contributed by atoms with van der Waals surface area (Å²) < 4.78 is 0. The zero-order valence-electron chi connectivity index (χ0n) is 19.8. The molecule has 32 heavy (non-hydrogen) atoms. The summed E-state index contributed by atoms with van der Waals surface area (Å²) in [7, 11) is 0. The predicted octanol–water partition coefficient (Wildman–Crippen LogP) is 3.40. The Balaban J connectivity index is 0.00000118. The third-order valence-corrected chi connectivity index (χ3v) is 4.78. The fourth-order valence-electron chi connectivity index (χ4n) is 3.37. The Morgan fingerprint density at radius 1 is 1.00 bits per heavy atom. The van der Waals surface area contributed by atoms with Gasteiger partial charge in [-0.05, 0) is 48.9 Å². The lowest BCUT2D eigenvalue weighted by Gasteiger charge is -2.30. The van der Waals surface area contributed by atoms with Crippen molar-refractivity contribution in [2.45, 2.75) is 66.5 Å². The van der Waals surface area contributed by atoms with Gasteiger partial charge in [0, 0.05) is 12.5 Å². The van der Waals surface area contributed by atoms with Crippen molar-refractivity contribution in [2.24, 2.45) is 11.3 Å². The number of hydroxylamine groups is 1. The first-order valence-electron chi connectivity index (χ1n) is 10.7. The lowest BCUT2D eigenvalue weighted by molar-refractivity contribution is -0.136. The summed E-state index contributed by atoms with van der Waals surface area (Å²) in [4.78, 5) is 36.6. The van der Waals surface area contributed by atoms with E-state index in [1.54, 1.807) is 19.3 Å². The van der Waals surface area contributed by atoms with Gasteiger partial charge < -0.3 is 10.4 Å². The van der Waals surface area contributed by atoms with Gasteiger partial charge in [-0.1, -0.05) is 63.2 Å². The number of benzene rings is 2. The summed E-state index contributed by atoms with van der Waals surface area (Å²) in [6.07, 6.45) is -0.0250. The zero-order chi connectivity index (χ0) is 24.5. The van der Waals surface area contributed by atoms with Crippen LogP contribution in [0, 0.1) is 11.3 Å². The third kappa shape index (κ3) is 9.16. The second kappa shape index (κ2) is 12.3. The van der Waals surface area contributed by atoms with E-state index in [1.165, 1.54) is 6.92 Å². The minimum absolute atomic E-state index is 0.142. The van der Waals surface area contributed by atoms with Crippen LogP contribution in [0.4, 0.5) is 0 Å². The summed E-state index contributed by atoms with van der Waals surface area (Å²) >= 11 is 0. The van der Waals surface area contributed by atoms with E-state index < -0.39 is 23.3 Å². The molecule has 0 aromatic heterocycles. The number of hydrogen-bond acceptors (Lipinski definition) is 5. The third-order valence-electron chi connectivity index (χ3n) is 4.78. The summed E-state index contributed by atoms with van der Waals surface area (Å²) in [5.41, 5.74) is 2.04. The minimum atomic E-state index is -0.711. The largest absolute Gasteiger partial charge is 0.394 e. The van der Waals surface area contributed by atoms with Gasteiger partial charge in [-0.25, -0.2) is 5.48 Å². The van der Waals surface area contributed by atoms with E-state index in [9.17, 15) is 14.4 Å². The molecule has 0 saturated carbocycles. The Morgan fingerprint density at radius 3 is 2.06 bits per heavy atom. The lowest BCUT2D eigenvalue weighted by Crippen LogP contribution is -2.50. The lowest BCUT2D eigenvalue weighted by atomic mass is 9.83. The number of carbonyl (C=O) groups excluding carboxylic acids is 3. The summed E-state index contributed by atoms with van der Waals surface area (Å²) in [5, 5.41) is 21.9. The molecular formula is C25H36N2O5. The van der Waals surface area contributed by atoms with Crippen molar-refractivity contribution in [3.05, 3.63) is 48.0 Å². The van der Waals surface area contributed by atoms with Gasteiger partial charge >= 0.3 is 0 Å². The van der Waals surface area contributed by atoms with Crippen molar-refractivity contribution >= 4 is 28.4 Å². The molecule has 0 aliphatic carbocycles. The Kier molecular flexibility index (Phi) is 10.5. The molecular weight excluding hydrogens is 408 g/mol. The minimum Gasteiger partial charge on any atom is -0.394 e. The highest BCUT2D eigenvalue weighted by atomic mass is 16.5. The van der Waals surface area contributed by atoms with Crippen LogP contribution in [0.3, 0.4) is 0 Å². The molecule has 2 amide bonds. The normalized spacial score (nSPS) is 13.0. The maximum Gasteiger partial charge on any atom is 0.244 e. The predicted molar refractivity (Wildman–Crippen MR) is 125 cm³/mol. The molecule has 0 spiro atoms. The molecule has 4 N–H and O–H groups in total. The van der Waals surface area contributed by atoms with Crippen LogP contribution in [-0.4, -0.2) is 40.1 Å². The Bertz CT molecular complexity index is 915. The van der Waals surface area contributed by atoms with Gasteiger partial charge in [0.25, 0.3) is 0 Å². The number of carbonyl (C=O) groups is 3. The van der Waals surface area contributed by atoms with Crippen molar-refractivity contribution in [1.29, 1.82) is 0 Å². The van der Waals surface area contributed by atoms with E-state index >= 15 is 0 Å². The number of ketones is 1. The number of Topliss-reactive ketones (excluding diaryl/α,β-unsaturated/α-hetero) is 1. The van der Waals surface area contributed by atoms with E-state index in [0.29, 0.717) is 6.42 Å². The van der Waals surface area contributed by atoms with Crippen molar-refractivity contribution < 1.29 is 24.7 Å². The van der Waals surface area contributed by atoms with Crippen LogP contribution < -0.4 is 10.8 Å². The smallest absolute Gasteiger partial charge is 0.244 e. The molecule has 0 bridgehead atoms. The number of rotatable bonds is 7. The molecule has 1 unspecified atom stereocenters. The van der Waals surface area contributed by atoms with Crippen LogP contribution in [0.1, 0.15) is 53.5 Å². The fourth-order valence-corrected chi connectivity index (χ4v) is 3.37. The molecule has 2 atom stereocenters. The molecule has 0 heterocycles. The number of nitrogens with one attached hydrogen (secondary N) is 2. The van der Waals surface area contributed by atoms with Gasteiger partial charge in [0.1, 0.15) is 0 Å². The van der Waals surface area contributed by atoms with Crippen molar-refractivity contribution in [3.63, 3.8) is 0 Å². The van der Waals surface area contributed by atoms with Gasteiger partial charge in [-0.15, -0.1) is 0 Å². The fraction of sp³-hybridized carbons (Fsp3) is 0.480. The highest BCUT2D eigenvalue weighted by Crippen LogP contribution is 2.23. The SMILES string of the molecule is CC(=O)[C@@H](NC(=O)C(CC(=O)NO)Cc1ccc2ccccc2c1)C(C)(C)C.CC(C)O. The van der Waals surface area contributed by atoms with Crippen molar-refractivity contribution in [1.82, 2.24) is 10.8 Å². The van der Waals surface area contributed by atoms with Gasteiger partial charge in [-0.3, -0.25) is 19.6 Å². The molecule has 0 aliphatic heterocycles. The first-order chi connectivity index (χ1) is 14.8. The number of hydrogen-bond donors (Lipinski definition) is 4. The maximum atomic E-state index is 12.9. The molecule has 0 aliphatic rings. The van der Waals surface area contributed by atoms with Crippen LogP contribution in [0.15, 0.2) is 42.5 Å². The number of fused-ring (bicyclic) bond motifs is 1. The van der Waals surface area contributed by atoms with Crippen LogP contribution >= 0.6 is 0 Å². The van der Waals surface area contributed by atoms with Crippen LogP contribution in [-0.2, 0) is 20.8 Å². The topological polar surface area (TPSA) is 116 Å². The standard InChI is InChI=1S/C22H28N2O4.C3H8O/c1-14(25)20(22(2,3)4)23-21(27)18(13-19(26)24-28)12-15-9-10-16-7-5-6-8-17(16)11-15;1-3(2)4/h5-11,18,20,28H,12-13H2,1-4H3,(H,23,27)(H,24,26);3-4H,1-2H3/t18?,20-;/m1./s1. The second-order valence-electron chi connectivity index (χ2n) is 9.33. The first-order valence-corrected chi connectivity index (χ1v) is 10.7. The molecule has 0 saturated heterocycles. The molecule has 7 nitrogen and oxygen atoms in total. The highest BCUT2D eigenvalue weighted by Gasteiger charge is 2.33. The number of aliphatic hydroxyl groups excluding tert-OH is 1. The Morgan fingerprint density at radius 2 is 1.56 bits per heavy atom. The molecule has 2 rings (SSSR count). The van der Waals surface area contributed by atoms with Gasteiger partial charge in [0.05, 0.1) is 12.0 Å². The monoisotopic (exact) mass is 444 g/mol. The van der Waals surface area contributed by atoms with Crippen LogP contribution in [0.25, 0.3) is 10.8 Å². The molecule has 2 aromatic carbocycles. The average Bonchev–Trinajstić information content (AvgIpc) is 2.69. The van der Waals surface area contributed by atoms with Crippen LogP contribution in [0.5, 0.6) is 0 Å². The van der Waals surface area contributed by atoms with Gasteiger partial charge in [0.15, 0.2) is 5.78 Å². The van der Waals surface area contributed by atoms with E-state index in [1.807, 2.05) is 63.2 Å². The Labute approximate surface area is 190 Å². The highest BCUT2D eigenvalue weighted by molar-refractivity contribution is 5.91. The quantitative estimate of drug-likeness (QED) is 0.386. The van der Waals surface area contributed by atoms with Crippen molar-refractivity contribution in [2.75, 3.05) is 0 Å². The number of amides is 2. The summed E-state index contributed by atoms with van der Waals surface area (Å²) in [6, 6.07) is 13.1. The molecule has 0 radical (unpaired) electrons. The molecule has 2 aromatic rings. The zero-order valence-corrected chi connectivity index (χ0v) is 19.8. The molecule has 0 fully saturated rings. The summed E-state index contributed by atoms with van der Waals surface area (Å²) in [6.45, 7) is 10.5. The number of aliphatic hydroxyl groups is 1. The second-order valence-corrected chi connectivity index (χ2v) is 9.33. The molecule has 176 valence electrons. The van der Waals surface area contributed by atoms with E-state index in [2.05, 4.69) is 5.32 Å². The van der Waals surface area contributed by atoms with E-state index in [4.69, 9.17) is 10.3 Å². The van der Waals surface area contributed by atoms with Gasteiger partial charge in [0.2, 0.25) is 11.8 Å². The average molecular weight is 445 g/mol. The van der Waals surface area contributed by atoms with Crippen LogP contribution in [0.2, 0.25) is 0 Å². The Hall–Kier alpha value is -2.77. The first kappa shape index (κ1) is 27.3. The summed E-state index contributed by atoms with van der Waals surface area (Å²) in [5.74, 6) is -1.88.